The lowest BCUT2D eigenvalue weighted by atomic mass is 10.1. The third-order valence-corrected chi connectivity index (χ3v) is 5.95. The van der Waals surface area contributed by atoms with Crippen molar-refractivity contribution in [3.8, 4) is 0 Å². The number of piperidine rings is 1. The summed E-state index contributed by atoms with van der Waals surface area (Å²) >= 11 is 0. The molecule has 2 aliphatic rings. The Balaban J connectivity index is 1.29. The topological polar surface area (TPSA) is 52.7 Å². The van der Waals surface area contributed by atoms with Gasteiger partial charge in [-0.15, -0.1) is 0 Å². The predicted molar refractivity (Wildman–Crippen MR) is 116 cm³/mol. The molecule has 29 heavy (non-hydrogen) atoms. The van der Waals surface area contributed by atoms with Crippen molar-refractivity contribution in [3.63, 3.8) is 0 Å². The van der Waals surface area contributed by atoms with E-state index in [9.17, 15) is 9.59 Å². The van der Waals surface area contributed by atoms with E-state index in [-0.39, 0.29) is 17.7 Å². The van der Waals surface area contributed by atoms with E-state index in [1.165, 1.54) is 30.5 Å². The van der Waals surface area contributed by atoms with Gasteiger partial charge in [0.05, 0.1) is 5.92 Å². The quantitative estimate of drug-likeness (QED) is 0.817. The summed E-state index contributed by atoms with van der Waals surface area (Å²) in [4.78, 5) is 29.2. The van der Waals surface area contributed by atoms with E-state index in [1.54, 1.807) is 0 Å². The second kappa shape index (κ2) is 9.12. The first-order valence-corrected chi connectivity index (χ1v) is 10.7. The van der Waals surface area contributed by atoms with E-state index in [0.29, 0.717) is 19.5 Å². The minimum absolute atomic E-state index is 0.0636. The van der Waals surface area contributed by atoms with Crippen LogP contribution in [0.4, 0.5) is 11.4 Å². The van der Waals surface area contributed by atoms with Gasteiger partial charge in [-0.25, -0.2) is 0 Å². The van der Waals surface area contributed by atoms with Gasteiger partial charge < -0.3 is 15.1 Å². The Labute approximate surface area is 172 Å². The Kier molecular flexibility index (Phi) is 6.13. The van der Waals surface area contributed by atoms with Crippen molar-refractivity contribution >= 4 is 23.2 Å². The summed E-state index contributed by atoms with van der Waals surface area (Å²) in [7, 11) is 0. The van der Waals surface area contributed by atoms with Gasteiger partial charge in [-0.3, -0.25) is 9.59 Å². The first-order chi connectivity index (χ1) is 14.2. The highest BCUT2D eigenvalue weighted by Gasteiger charge is 2.34. The first-order valence-electron chi connectivity index (χ1n) is 10.7. The summed E-state index contributed by atoms with van der Waals surface area (Å²) in [6, 6.07) is 18.2. The van der Waals surface area contributed by atoms with Crippen LogP contribution in [0.5, 0.6) is 0 Å². The lowest BCUT2D eigenvalue weighted by molar-refractivity contribution is -0.128. The molecule has 2 aliphatic heterocycles. The second-order valence-electron chi connectivity index (χ2n) is 8.06. The molecule has 2 saturated heterocycles. The number of rotatable bonds is 6. The Morgan fingerprint density at radius 1 is 0.966 bits per heavy atom. The lowest BCUT2D eigenvalue weighted by Gasteiger charge is -2.28. The van der Waals surface area contributed by atoms with Crippen molar-refractivity contribution < 1.29 is 9.59 Å². The van der Waals surface area contributed by atoms with Crippen LogP contribution in [0.1, 0.15) is 31.2 Å². The Hall–Kier alpha value is -2.82. The highest BCUT2D eigenvalue weighted by molar-refractivity contribution is 5.97. The minimum Gasteiger partial charge on any atom is -0.372 e. The average Bonchev–Trinajstić information content (AvgIpc) is 3.15. The largest absolute Gasteiger partial charge is 0.372 e. The monoisotopic (exact) mass is 391 g/mol. The van der Waals surface area contributed by atoms with Crippen LogP contribution in [0.15, 0.2) is 54.6 Å². The predicted octanol–water partition coefficient (Wildman–Crippen LogP) is 3.71. The molecule has 0 radical (unpaired) electrons. The summed E-state index contributed by atoms with van der Waals surface area (Å²) in [6.45, 7) is 3.38. The van der Waals surface area contributed by atoms with Crippen molar-refractivity contribution in [1.29, 1.82) is 0 Å². The fourth-order valence-corrected chi connectivity index (χ4v) is 4.22. The van der Waals surface area contributed by atoms with Gasteiger partial charge in [0.1, 0.15) is 0 Å². The number of nitrogens with zero attached hydrogens (tertiary/aromatic N) is 2. The molecule has 152 valence electrons. The number of carbonyl (C=O) groups excluding carboxylic acids is 2. The summed E-state index contributed by atoms with van der Waals surface area (Å²) in [5, 5.41) is 2.99. The van der Waals surface area contributed by atoms with E-state index in [0.717, 1.165) is 25.2 Å². The molecule has 1 atom stereocenters. The molecule has 0 saturated carbocycles. The van der Waals surface area contributed by atoms with Crippen molar-refractivity contribution in [2.75, 3.05) is 36.4 Å². The van der Waals surface area contributed by atoms with Crippen molar-refractivity contribution in [1.82, 2.24) is 4.90 Å². The molecule has 2 aromatic carbocycles. The van der Waals surface area contributed by atoms with Gasteiger partial charge in [0.2, 0.25) is 11.8 Å². The third-order valence-electron chi connectivity index (χ3n) is 5.95. The van der Waals surface area contributed by atoms with Crippen LogP contribution in [0.2, 0.25) is 0 Å². The molecular weight excluding hydrogens is 362 g/mol. The Morgan fingerprint density at radius 3 is 2.41 bits per heavy atom. The smallest absolute Gasteiger partial charge is 0.229 e. The molecule has 5 heteroatoms. The summed E-state index contributed by atoms with van der Waals surface area (Å²) in [5.41, 5.74) is 3.22. The van der Waals surface area contributed by atoms with Crippen molar-refractivity contribution in [2.45, 2.75) is 32.1 Å². The normalized spacial score (nSPS) is 19.4. The summed E-state index contributed by atoms with van der Waals surface area (Å²) < 4.78 is 0. The minimum atomic E-state index is -0.278. The zero-order valence-electron chi connectivity index (χ0n) is 16.8. The number of hydrogen-bond donors (Lipinski definition) is 1. The van der Waals surface area contributed by atoms with E-state index >= 15 is 0 Å². The number of nitrogens with one attached hydrogen (secondary N) is 1. The molecule has 2 heterocycles. The number of amides is 2. The standard InChI is InChI=1S/C24H29N3O2/c28-23-17-20(18-27(23)16-13-19-7-3-1-4-8-19)24(29)25-21-9-11-22(12-10-21)26-14-5-2-6-15-26/h1,3-4,7-12,20H,2,5-6,13-18H2,(H,25,29)/t20-/m0/s1. The van der Waals surface area contributed by atoms with Crippen LogP contribution in [0, 0.1) is 5.92 Å². The number of carbonyl (C=O) groups is 2. The molecule has 0 bridgehead atoms. The lowest BCUT2D eigenvalue weighted by Crippen LogP contribution is -2.30. The maximum absolute atomic E-state index is 12.7. The molecule has 2 fully saturated rings. The molecule has 0 spiro atoms. The third kappa shape index (κ3) is 4.97. The SMILES string of the molecule is O=C(Nc1ccc(N2CCCCC2)cc1)[C@H]1CC(=O)N(CCc2ccccc2)C1. The molecule has 5 nitrogen and oxygen atoms in total. The molecule has 2 aromatic rings. The summed E-state index contributed by atoms with van der Waals surface area (Å²) in [6.07, 6.45) is 4.92. The van der Waals surface area contributed by atoms with Crippen LogP contribution in [-0.2, 0) is 16.0 Å². The van der Waals surface area contributed by atoms with Gasteiger partial charge in [-0.2, -0.15) is 0 Å². The van der Waals surface area contributed by atoms with Crippen LogP contribution < -0.4 is 10.2 Å². The number of anilines is 2. The van der Waals surface area contributed by atoms with Gasteiger partial charge in [-0.05, 0) is 55.5 Å². The highest BCUT2D eigenvalue weighted by atomic mass is 16.2. The van der Waals surface area contributed by atoms with Gasteiger partial charge in [0.25, 0.3) is 0 Å². The maximum atomic E-state index is 12.7. The van der Waals surface area contributed by atoms with E-state index in [2.05, 4.69) is 34.5 Å². The van der Waals surface area contributed by atoms with E-state index in [4.69, 9.17) is 0 Å². The number of likely N-dealkylation sites (tertiary alicyclic amines) is 1. The molecule has 1 N–H and O–H groups in total. The second-order valence-corrected chi connectivity index (χ2v) is 8.06. The fourth-order valence-electron chi connectivity index (χ4n) is 4.22. The summed E-state index contributed by atoms with van der Waals surface area (Å²) in [5.74, 6) is -0.271. The van der Waals surface area contributed by atoms with Crippen LogP contribution >= 0.6 is 0 Å². The number of benzene rings is 2. The van der Waals surface area contributed by atoms with Gasteiger partial charge in [0.15, 0.2) is 0 Å². The molecule has 2 amide bonds. The molecule has 0 aromatic heterocycles. The molecule has 4 rings (SSSR count). The van der Waals surface area contributed by atoms with Crippen LogP contribution in [0.3, 0.4) is 0 Å². The van der Waals surface area contributed by atoms with Crippen molar-refractivity contribution in [2.24, 2.45) is 5.92 Å². The maximum Gasteiger partial charge on any atom is 0.229 e. The zero-order valence-corrected chi connectivity index (χ0v) is 16.8. The molecule has 0 unspecified atom stereocenters. The zero-order chi connectivity index (χ0) is 20.1. The highest BCUT2D eigenvalue weighted by Crippen LogP contribution is 2.24. The first kappa shape index (κ1) is 19.5. The van der Waals surface area contributed by atoms with Gasteiger partial charge in [-0.1, -0.05) is 30.3 Å². The Morgan fingerprint density at radius 2 is 1.69 bits per heavy atom. The molecule has 0 aliphatic carbocycles. The van der Waals surface area contributed by atoms with Gasteiger partial charge in [0, 0.05) is 44.0 Å². The van der Waals surface area contributed by atoms with Crippen LogP contribution in [0.25, 0.3) is 0 Å². The van der Waals surface area contributed by atoms with E-state index in [1.807, 2.05) is 35.2 Å². The fraction of sp³-hybridized carbons (Fsp3) is 0.417. The number of hydrogen-bond acceptors (Lipinski definition) is 3. The Bertz CT molecular complexity index is 829. The van der Waals surface area contributed by atoms with Gasteiger partial charge >= 0.3 is 0 Å². The molecular formula is C24H29N3O2. The van der Waals surface area contributed by atoms with Crippen LogP contribution in [-0.4, -0.2) is 42.9 Å². The van der Waals surface area contributed by atoms with E-state index < -0.39 is 0 Å². The van der Waals surface area contributed by atoms with Crippen molar-refractivity contribution in [3.05, 3.63) is 60.2 Å². The average molecular weight is 392 g/mol.